The summed E-state index contributed by atoms with van der Waals surface area (Å²) < 4.78 is 0. The lowest BCUT2D eigenvalue weighted by Gasteiger charge is -2.17. The fourth-order valence-corrected chi connectivity index (χ4v) is 6.53. The molecule has 0 N–H and O–H groups in total. The molecule has 2 nitrogen and oxygen atoms in total. The van der Waals surface area contributed by atoms with Gasteiger partial charge in [-0.05, 0) is 68.8 Å². The molecule has 0 aromatic heterocycles. The first-order valence-corrected chi connectivity index (χ1v) is 16.9. The zero-order chi connectivity index (χ0) is 33.5. The van der Waals surface area contributed by atoms with Crippen LogP contribution in [0.3, 0.4) is 0 Å². The van der Waals surface area contributed by atoms with E-state index in [4.69, 9.17) is 10.2 Å². The van der Waals surface area contributed by atoms with E-state index < -0.39 is 0 Å². The Labute approximate surface area is 293 Å². The van der Waals surface area contributed by atoms with E-state index in [0.717, 1.165) is 78.1 Å². The molecule has 0 unspecified atom stereocenters. The Balaban J connectivity index is 1.42. The van der Waals surface area contributed by atoms with Gasteiger partial charge in [-0.3, -0.25) is 0 Å². The van der Waals surface area contributed by atoms with Crippen LogP contribution in [0, 0.1) is 0 Å². The third kappa shape index (κ3) is 6.43. The van der Waals surface area contributed by atoms with Crippen LogP contribution in [0.5, 0.6) is 0 Å². The molecule has 0 amide bonds. The second-order valence-corrected chi connectivity index (χ2v) is 12.2. The second kappa shape index (κ2) is 14.2. The van der Waals surface area contributed by atoms with Crippen LogP contribution < -0.4 is 0 Å². The Hall–Kier alpha value is -6.64. The van der Waals surface area contributed by atoms with Crippen molar-refractivity contribution in [1.82, 2.24) is 0 Å². The van der Waals surface area contributed by atoms with E-state index >= 15 is 0 Å². The second-order valence-electron chi connectivity index (χ2n) is 12.2. The lowest BCUT2D eigenvalue weighted by atomic mass is 9.91. The van der Waals surface area contributed by atoms with Crippen LogP contribution in [-0.2, 0) is 0 Å². The summed E-state index contributed by atoms with van der Waals surface area (Å²) in [7, 11) is 0. The van der Waals surface area contributed by atoms with Crippen molar-refractivity contribution in [3.05, 3.63) is 206 Å². The van der Waals surface area contributed by atoms with Crippen molar-refractivity contribution in [3.63, 3.8) is 0 Å². The van der Waals surface area contributed by atoms with E-state index in [1.807, 2.05) is 0 Å². The number of azo groups is 1. The SMILES string of the molecule is c1ccc(-c2cc(-c3ccccc3)c(N=Nc3c(-c4ccccc4)cc(-c4ccccc4)cc3-c3ccccc3)c(-c3ccccc3)c2)cc1. The Bertz CT molecular complexity index is 2080. The van der Waals surface area contributed by atoms with E-state index in [9.17, 15) is 0 Å². The van der Waals surface area contributed by atoms with E-state index in [0.29, 0.717) is 0 Å². The van der Waals surface area contributed by atoms with Gasteiger partial charge < -0.3 is 0 Å². The van der Waals surface area contributed by atoms with Crippen molar-refractivity contribution >= 4 is 11.4 Å². The first-order valence-electron chi connectivity index (χ1n) is 16.9. The highest BCUT2D eigenvalue weighted by atomic mass is 15.1. The van der Waals surface area contributed by atoms with E-state index in [2.05, 4.69) is 206 Å². The summed E-state index contributed by atoms with van der Waals surface area (Å²) in [5.41, 5.74) is 14.7. The molecule has 8 rings (SSSR count). The Kier molecular flexibility index (Phi) is 8.73. The molecule has 50 heavy (non-hydrogen) atoms. The molecule has 0 saturated heterocycles. The molecule has 0 spiro atoms. The summed E-state index contributed by atoms with van der Waals surface area (Å²) in [6.45, 7) is 0. The topological polar surface area (TPSA) is 24.7 Å². The quantitative estimate of drug-likeness (QED) is 0.148. The van der Waals surface area contributed by atoms with Crippen LogP contribution in [0.4, 0.5) is 11.4 Å². The molecule has 0 aliphatic rings. The molecule has 8 aromatic rings. The van der Waals surface area contributed by atoms with E-state index in [-0.39, 0.29) is 0 Å². The lowest BCUT2D eigenvalue weighted by molar-refractivity contribution is 1.23. The van der Waals surface area contributed by atoms with Crippen molar-refractivity contribution in [3.8, 4) is 66.8 Å². The number of rotatable bonds is 8. The van der Waals surface area contributed by atoms with E-state index in [1.165, 1.54) is 0 Å². The molecule has 0 heterocycles. The normalized spacial score (nSPS) is 11.1. The largest absolute Gasteiger partial charge is 0.149 e. The average molecular weight is 639 g/mol. The molecule has 0 aliphatic heterocycles. The minimum atomic E-state index is 0.826. The molecule has 0 aliphatic carbocycles. The molecule has 2 heteroatoms. The van der Waals surface area contributed by atoms with Gasteiger partial charge in [-0.25, -0.2) is 0 Å². The molecule has 0 saturated carbocycles. The number of hydrogen-bond acceptors (Lipinski definition) is 2. The Morgan fingerprint density at radius 2 is 0.400 bits per heavy atom. The fraction of sp³-hybridized carbons (Fsp3) is 0. The van der Waals surface area contributed by atoms with Gasteiger partial charge in [0.05, 0.1) is 0 Å². The average Bonchev–Trinajstić information content (AvgIpc) is 3.21. The van der Waals surface area contributed by atoms with Gasteiger partial charge in [0.2, 0.25) is 0 Å². The minimum absolute atomic E-state index is 0.826. The summed E-state index contributed by atoms with van der Waals surface area (Å²) in [6, 6.07) is 72.1. The van der Waals surface area contributed by atoms with Gasteiger partial charge >= 0.3 is 0 Å². The zero-order valence-electron chi connectivity index (χ0n) is 27.5. The van der Waals surface area contributed by atoms with Crippen LogP contribution in [0.25, 0.3) is 66.8 Å². The first-order chi connectivity index (χ1) is 24.8. The van der Waals surface area contributed by atoms with E-state index in [1.54, 1.807) is 0 Å². The molecule has 0 radical (unpaired) electrons. The van der Waals surface area contributed by atoms with Crippen LogP contribution in [-0.4, -0.2) is 0 Å². The first kappa shape index (κ1) is 30.7. The summed E-state index contributed by atoms with van der Waals surface area (Å²) >= 11 is 0. The highest BCUT2D eigenvalue weighted by Gasteiger charge is 2.19. The summed E-state index contributed by atoms with van der Waals surface area (Å²) in [6.07, 6.45) is 0. The van der Waals surface area contributed by atoms with Crippen molar-refractivity contribution in [1.29, 1.82) is 0 Å². The molecule has 0 bridgehead atoms. The monoisotopic (exact) mass is 638 g/mol. The van der Waals surface area contributed by atoms with Gasteiger partial charge in [-0.15, -0.1) is 10.2 Å². The smallest absolute Gasteiger partial charge is 0.101 e. The molecule has 0 atom stereocenters. The number of hydrogen-bond donors (Lipinski definition) is 0. The van der Waals surface area contributed by atoms with Gasteiger partial charge in [0.25, 0.3) is 0 Å². The zero-order valence-corrected chi connectivity index (χ0v) is 27.5. The van der Waals surface area contributed by atoms with Crippen molar-refractivity contribution < 1.29 is 0 Å². The third-order valence-electron chi connectivity index (χ3n) is 9.02. The lowest BCUT2D eigenvalue weighted by Crippen LogP contribution is -1.90. The summed E-state index contributed by atoms with van der Waals surface area (Å²) in [5.74, 6) is 0. The van der Waals surface area contributed by atoms with Crippen LogP contribution in [0.15, 0.2) is 216 Å². The maximum absolute atomic E-state index is 5.26. The summed E-state index contributed by atoms with van der Waals surface area (Å²) in [5, 5.41) is 10.5. The van der Waals surface area contributed by atoms with Crippen molar-refractivity contribution in [2.24, 2.45) is 10.2 Å². The minimum Gasteiger partial charge on any atom is -0.149 e. The van der Waals surface area contributed by atoms with Crippen LogP contribution in [0.2, 0.25) is 0 Å². The van der Waals surface area contributed by atoms with Crippen LogP contribution >= 0.6 is 0 Å². The van der Waals surface area contributed by atoms with Gasteiger partial charge in [-0.1, -0.05) is 182 Å². The Morgan fingerprint density at radius 3 is 0.620 bits per heavy atom. The fourth-order valence-electron chi connectivity index (χ4n) is 6.53. The van der Waals surface area contributed by atoms with Crippen molar-refractivity contribution in [2.45, 2.75) is 0 Å². The molecule has 236 valence electrons. The number of benzene rings is 8. The predicted molar refractivity (Wildman–Crippen MR) is 210 cm³/mol. The maximum Gasteiger partial charge on any atom is 0.101 e. The summed E-state index contributed by atoms with van der Waals surface area (Å²) in [4.78, 5) is 0. The number of nitrogens with zero attached hydrogens (tertiary/aromatic N) is 2. The van der Waals surface area contributed by atoms with Gasteiger partial charge in [0.15, 0.2) is 0 Å². The van der Waals surface area contributed by atoms with Gasteiger partial charge in [-0.2, -0.15) is 0 Å². The van der Waals surface area contributed by atoms with Crippen molar-refractivity contribution in [2.75, 3.05) is 0 Å². The molecular formula is C48H34N2. The highest BCUT2D eigenvalue weighted by Crippen LogP contribution is 2.47. The molecular weight excluding hydrogens is 605 g/mol. The van der Waals surface area contributed by atoms with Gasteiger partial charge in [0.1, 0.15) is 11.4 Å². The standard InChI is InChI=1S/C48H34N2/c1-7-19-35(20-8-1)41-31-43(37-23-11-3-12-24-37)47(44(32-41)38-25-13-4-14-26-38)49-50-48-45(39-27-15-5-16-28-39)33-42(36-21-9-2-10-22-36)34-46(48)40-29-17-6-18-30-40/h1-34H. The Morgan fingerprint density at radius 1 is 0.200 bits per heavy atom. The van der Waals surface area contributed by atoms with Gasteiger partial charge in [0, 0.05) is 22.3 Å². The molecule has 0 fully saturated rings. The maximum atomic E-state index is 5.26. The third-order valence-corrected chi connectivity index (χ3v) is 9.02. The highest BCUT2D eigenvalue weighted by molar-refractivity contribution is 5.95. The van der Waals surface area contributed by atoms with Crippen LogP contribution in [0.1, 0.15) is 0 Å². The predicted octanol–water partition coefficient (Wildman–Crippen LogP) is 14.1. The molecule has 8 aromatic carbocycles.